The lowest BCUT2D eigenvalue weighted by molar-refractivity contribution is -0.219. The van der Waals surface area contributed by atoms with Crippen molar-refractivity contribution in [3.05, 3.63) is 208 Å². The molecule has 4 atom stereocenters. The molecule has 306 valence electrons. The van der Waals surface area contributed by atoms with Crippen LogP contribution in [0.15, 0.2) is 158 Å². The van der Waals surface area contributed by atoms with Crippen molar-refractivity contribution >= 4 is 22.4 Å². The van der Waals surface area contributed by atoms with E-state index in [1.54, 1.807) is 12.1 Å². The van der Waals surface area contributed by atoms with Crippen molar-refractivity contribution in [1.29, 1.82) is 0 Å². The zero-order chi connectivity index (χ0) is 41.3. The van der Waals surface area contributed by atoms with E-state index in [4.69, 9.17) is 35.3 Å². The number of fused-ring (bicyclic) bond motifs is 1. The van der Waals surface area contributed by atoms with Crippen LogP contribution in [0, 0.1) is 5.82 Å². The summed E-state index contributed by atoms with van der Waals surface area (Å²) in [5.74, 6) is 0.0787. The van der Waals surface area contributed by atoms with Crippen molar-refractivity contribution in [2.75, 3.05) is 13.7 Å². The summed E-state index contributed by atoms with van der Waals surface area (Å²) < 4.78 is 48.2. The highest BCUT2D eigenvalue weighted by molar-refractivity contribution is 6.36. The van der Waals surface area contributed by atoms with Gasteiger partial charge in [0.25, 0.3) is 0 Å². The Kier molecular flexibility index (Phi) is 13.6. The van der Waals surface area contributed by atoms with E-state index in [9.17, 15) is 5.11 Å². The molecule has 1 fully saturated rings. The molecule has 0 aliphatic carbocycles. The van der Waals surface area contributed by atoms with Gasteiger partial charge < -0.3 is 28.8 Å². The van der Waals surface area contributed by atoms with Crippen LogP contribution < -0.4 is 4.74 Å². The summed E-state index contributed by atoms with van der Waals surface area (Å²) in [6, 6.07) is 51.1. The van der Waals surface area contributed by atoms with Gasteiger partial charge in [-0.3, -0.25) is 0 Å². The number of hydrogen-bond acceptors (Lipinski definition) is 6. The van der Waals surface area contributed by atoms with Gasteiger partial charge in [0.2, 0.25) is 0 Å². The summed E-state index contributed by atoms with van der Waals surface area (Å²) >= 11 is 7.19. The van der Waals surface area contributed by atoms with Crippen molar-refractivity contribution < 1.29 is 33.2 Å². The van der Waals surface area contributed by atoms with Crippen LogP contribution in [0.1, 0.15) is 51.5 Å². The SMILES string of the molecule is COc1ccc(Cc2cc([C@@H]3O[C@H](COCc4ccccc4-c4ccccc4CO)C[C@H](OCc4ccccc4)C3OCc3ccccc3)c3ccccc3c2Cl)c(F)c1. The molecule has 0 aromatic heterocycles. The Hall–Kier alpha value is -5.38. The van der Waals surface area contributed by atoms with Gasteiger partial charge in [0, 0.05) is 24.3 Å². The average Bonchev–Trinajstić information content (AvgIpc) is 3.30. The maximum atomic E-state index is 15.5. The van der Waals surface area contributed by atoms with Crippen LogP contribution in [-0.2, 0) is 51.8 Å². The molecule has 1 unspecified atom stereocenters. The first-order chi connectivity index (χ1) is 29.5. The molecule has 60 heavy (non-hydrogen) atoms. The Morgan fingerprint density at radius 1 is 0.650 bits per heavy atom. The molecule has 0 radical (unpaired) electrons. The topological polar surface area (TPSA) is 66.4 Å². The second-order valence-electron chi connectivity index (χ2n) is 15.1. The van der Waals surface area contributed by atoms with Gasteiger partial charge in [0.05, 0.1) is 57.4 Å². The lowest BCUT2D eigenvalue weighted by Gasteiger charge is -2.42. The number of hydrogen-bond donors (Lipinski definition) is 1. The minimum Gasteiger partial charge on any atom is -0.497 e. The number of aliphatic hydroxyl groups is 1. The molecule has 8 heteroatoms. The zero-order valence-corrected chi connectivity index (χ0v) is 34.3. The van der Waals surface area contributed by atoms with Gasteiger partial charge >= 0.3 is 0 Å². The molecule has 8 rings (SSSR count). The number of ether oxygens (including phenoxy) is 5. The Balaban J connectivity index is 1.16. The third-order valence-corrected chi connectivity index (χ3v) is 11.6. The maximum Gasteiger partial charge on any atom is 0.130 e. The highest BCUT2D eigenvalue weighted by Crippen LogP contribution is 2.43. The van der Waals surface area contributed by atoms with Crippen molar-refractivity contribution in [2.24, 2.45) is 0 Å². The monoisotopic (exact) mass is 822 g/mol. The van der Waals surface area contributed by atoms with Crippen molar-refractivity contribution in [3.8, 4) is 16.9 Å². The molecular weight excluding hydrogens is 775 g/mol. The molecule has 7 aromatic carbocycles. The van der Waals surface area contributed by atoms with Crippen LogP contribution in [0.3, 0.4) is 0 Å². The fraction of sp³-hybridized carbons (Fsp3) is 0.231. The molecule has 0 amide bonds. The molecule has 1 N–H and O–H groups in total. The van der Waals surface area contributed by atoms with Crippen LogP contribution in [-0.4, -0.2) is 37.1 Å². The average molecular weight is 823 g/mol. The lowest BCUT2D eigenvalue weighted by Crippen LogP contribution is -2.47. The van der Waals surface area contributed by atoms with E-state index in [1.165, 1.54) is 13.2 Å². The van der Waals surface area contributed by atoms with Crippen LogP contribution in [0.25, 0.3) is 21.9 Å². The summed E-state index contributed by atoms with van der Waals surface area (Å²) in [5, 5.41) is 12.4. The maximum absolute atomic E-state index is 15.5. The van der Waals surface area contributed by atoms with E-state index >= 15 is 4.39 Å². The Bertz CT molecular complexity index is 2500. The van der Waals surface area contributed by atoms with Gasteiger partial charge in [-0.05, 0) is 61.5 Å². The van der Waals surface area contributed by atoms with E-state index in [2.05, 4.69) is 24.3 Å². The fourth-order valence-electron chi connectivity index (χ4n) is 8.11. The first kappa shape index (κ1) is 41.4. The third kappa shape index (κ3) is 9.64. The summed E-state index contributed by atoms with van der Waals surface area (Å²) in [6.07, 6.45) is -1.12. The van der Waals surface area contributed by atoms with Gasteiger partial charge in [-0.15, -0.1) is 0 Å². The molecule has 1 heterocycles. The Labute approximate surface area is 356 Å². The van der Waals surface area contributed by atoms with E-state index in [1.807, 2.05) is 115 Å². The first-order valence-electron chi connectivity index (χ1n) is 20.3. The summed E-state index contributed by atoms with van der Waals surface area (Å²) in [5.41, 5.74) is 8.06. The molecule has 1 aliphatic rings. The minimum absolute atomic E-state index is 0.0589. The minimum atomic E-state index is -0.609. The molecule has 6 nitrogen and oxygen atoms in total. The fourth-order valence-corrected chi connectivity index (χ4v) is 8.40. The van der Waals surface area contributed by atoms with E-state index in [0.717, 1.165) is 55.3 Å². The number of halogens is 2. The smallest absolute Gasteiger partial charge is 0.130 e. The second-order valence-corrected chi connectivity index (χ2v) is 15.5. The lowest BCUT2D eigenvalue weighted by atomic mass is 9.87. The van der Waals surface area contributed by atoms with Crippen LogP contribution in [0.4, 0.5) is 4.39 Å². The molecule has 1 saturated heterocycles. The van der Waals surface area contributed by atoms with Gasteiger partial charge in [-0.25, -0.2) is 4.39 Å². The molecule has 0 saturated carbocycles. The van der Waals surface area contributed by atoms with Gasteiger partial charge in [0.15, 0.2) is 0 Å². The second kappa shape index (κ2) is 19.8. The Morgan fingerprint density at radius 2 is 1.27 bits per heavy atom. The highest BCUT2D eigenvalue weighted by Gasteiger charge is 2.42. The van der Waals surface area contributed by atoms with Crippen molar-refractivity contribution in [2.45, 2.75) is 63.7 Å². The van der Waals surface area contributed by atoms with Crippen LogP contribution in [0.2, 0.25) is 5.02 Å². The molecular formula is C52H48ClFO6. The largest absolute Gasteiger partial charge is 0.497 e. The molecule has 0 spiro atoms. The summed E-state index contributed by atoms with van der Waals surface area (Å²) in [6.45, 7) is 1.30. The van der Waals surface area contributed by atoms with E-state index in [0.29, 0.717) is 49.2 Å². The first-order valence-corrected chi connectivity index (χ1v) is 20.7. The van der Waals surface area contributed by atoms with Crippen molar-refractivity contribution in [3.63, 3.8) is 0 Å². The van der Waals surface area contributed by atoms with E-state index in [-0.39, 0.29) is 31.1 Å². The number of rotatable bonds is 16. The summed E-state index contributed by atoms with van der Waals surface area (Å²) in [4.78, 5) is 0. The van der Waals surface area contributed by atoms with Gasteiger partial charge in [-0.1, -0.05) is 157 Å². The molecule has 0 bridgehead atoms. The number of aliphatic hydroxyl groups excluding tert-OH is 1. The Morgan fingerprint density at radius 3 is 1.95 bits per heavy atom. The molecule has 7 aromatic rings. The van der Waals surface area contributed by atoms with Gasteiger partial charge in [-0.2, -0.15) is 0 Å². The normalized spacial score (nSPS) is 17.8. The van der Waals surface area contributed by atoms with Gasteiger partial charge in [0.1, 0.15) is 23.8 Å². The zero-order valence-electron chi connectivity index (χ0n) is 33.5. The number of methoxy groups -OCH3 is 1. The predicted molar refractivity (Wildman–Crippen MR) is 234 cm³/mol. The number of benzene rings is 7. The van der Waals surface area contributed by atoms with E-state index < -0.39 is 12.2 Å². The van der Waals surface area contributed by atoms with Crippen LogP contribution in [0.5, 0.6) is 5.75 Å². The third-order valence-electron chi connectivity index (χ3n) is 11.2. The highest BCUT2D eigenvalue weighted by atomic mass is 35.5. The predicted octanol–water partition coefficient (Wildman–Crippen LogP) is 11.6. The van der Waals surface area contributed by atoms with Crippen molar-refractivity contribution in [1.82, 2.24) is 0 Å². The standard InChI is InChI=1S/C52H48ClFO6/c1-56-41-25-24-37(48(54)28-41)26-40-27-47(45-22-12-13-23-46(45)50(40)53)51-52(59-32-36-16-6-3-7-17-36)49(58-31-35-14-4-2-5-15-35)29-42(60-51)34-57-33-39-19-9-11-21-44(39)43-20-10-8-18-38(43)30-55/h2-25,27-28,42,49,51-52,55H,26,29-34H2,1H3/t42-,49-,51-,52?/m0/s1. The quantitative estimate of drug-likeness (QED) is 0.105. The molecule has 1 aliphatic heterocycles. The van der Waals surface area contributed by atoms with Crippen LogP contribution >= 0.6 is 11.6 Å². The summed E-state index contributed by atoms with van der Waals surface area (Å²) in [7, 11) is 1.52.